The van der Waals surface area contributed by atoms with Gasteiger partial charge in [-0.1, -0.05) is 6.58 Å². The van der Waals surface area contributed by atoms with E-state index in [1.54, 1.807) is 0 Å². The standard InChI is InChI=1S/C10H10N2O5/c1-2-9(14)17-6-10(15)16-5-8(13)12-4-3-11-7-12/h2-4,7H,1,5-6H2. The fourth-order valence-corrected chi connectivity index (χ4v) is 0.854. The highest BCUT2D eigenvalue weighted by atomic mass is 16.6. The molecule has 1 rings (SSSR count). The number of ether oxygens (including phenoxy) is 2. The summed E-state index contributed by atoms with van der Waals surface area (Å²) in [6, 6.07) is 0. The molecule has 7 heteroatoms. The molecule has 0 spiro atoms. The summed E-state index contributed by atoms with van der Waals surface area (Å²) in [5, 5.41) is 0. The van der Waals surface area contributed by atoms with Crippen LogP contribution in [0.2, 0.25) is 0 Å². The van der Waals surface area contributed by atoms with Crippen LogP contribution in [-0.2, 0) is 19.1 Å². The first-order valence-corrected chi connectivity index (χ1v) is 4.59. The van der Waals surface area contributed by atoms with Gasteiger partial charge in [0.15, 0.2) is 13.2 Å². The normalized spacial score (nSPS) is 9.41. The molecule has 0 atom stereocenters. The van der Waals surface area contributed by atoms with Crippen molar-refractivity contribution >= 4 is 17.8 Å². The minimum atomic E-state index is -0.811. The van der Waals surface area contributed by atoms with Crippen LogP contribution in [0.5, 0.6) is 0 Å². The molecule has 0 fully saturated rings. The molecule has 0 aliphatic rings. The maximum atomic E-state index is 11.3. The zero-order valence-corrected chi connectivity index (χ0v) is 8.87. The Hall–Kier alpha value is -2.44. The van der Waals surface area contributed by atoms with Crippen molar-refractivity contribution in [3.05, 3.63) is 31.4 Å². The highest BCUT2D eigenvalue weighted by molar-refractivity contribution is 5.85. The van der Waals surface area contributed by atoms with Gasteiger partial charge in [0, 0.05) is 18.5 Å². The molecule has 0 saturated heterocycles. The Morgan fingerprint density at radius 3 is 2.65 bits per heavy atom. The maximum Gasteiger partial charge on any atom is 0.344 e. The summed E-state index contributed by atoms with van der Waals surface area (Å²) in [7, 11) is 0. The van der Waals surface area contributed by atoms with Gasteiger partial charge in [-0.15, -0.1) is 0 Å². The summed E-state index contributed by atoms with van der Waals surface area (Å²) >= 11 is 0. The van der Waals surface area contributed by atoms with Crippen molar-refractivity contribution in [3.63, 3.8) is 0 Å². The molecule has 90 valence electrons. The molecule has 0 aliphatic heterocycles. The lowest BCUT2D eigenvalue weighted by Crippen LogP contribution is -2.22. The molecule has 0 unspecified atom stereocenters. The molecule has 1 heterocycles. The lowest BCUT2D eigenvalue weighted by atomic mass is 10.6. The van der Waals surface area contributed by atoms with E-state index in [1.807, 2.05) is 0 Å². The van der Waals surface area contributed by atoms with E-state index in [-0.39, 0.29) is 0 Å². The van der Waals surface area contributed by atoms with Crippen molar-refractivity contribution in [1.82, 2.24) is 9.55 Å². The molecule has 7 nitrogen and oxygen atoms in total. The summed E-state index contributed by atoms with van der Waals surface area (Å²) in [4.78, 5) is 36.6. The van der Waals surface area contributed by atoms with Crippen LogP contribution < -0.4 is 0 Å². The predicted octanol–water partition coefficient (Wildman–Crippen LogP) is -0.204. The molecule has 1 aromatic rings. The number of rotatable bonds is 5. The Morgan fingerprint density at radius 2 is 2.06 bits per heavy atom. The molecule has 1 aromatic heterocycles. The van der Waals surface area contributed by atoms with E-state index in [0.717, 1.165) is 6.08 Å². The van der Waals surface area contributed by atoms with E-state index < -0.39 is 31.1 Å². The van der Waals surface area contributed by atoms with Gasteiger partial charge < -0.3 is 9.47 Å². The van der Waals surface area contributed by atoms with Gasteiger partial charge in [-0.25, -0.2) is 14.6 Å². The first-order valence-electron chi connectivity index (χ1n) is 4.59. The monoisotopic (exact) mass is 238 g/mol. The van der Waals surface area contributed by atoms with Gasteiger partial charge in [0.25, 0.3) is 5.91 Å². The van der Waals surface area contributed by atoms with Gasteiger partial charge in [0.1, 0.15) is 6.33 Å². The maximum absolute atomic E-state index is 11.3. The highest BCUT2D eigenvalue weighted by Gasteiger charge is 2.10. The number of hydrogen-bond acceptors (Lipinski definition) is 6. The van der Waals surface area contributed by atoms with Gasteiger partial charge in [-0.05, 0) is 0 Å². The second kappa shape index (κ2) is 6.21. The van der Waals surface area contributed by atoms with Crippen molar-refractivity contribution in [2.45, 2.75) is 0 Å². The van der Waals surface area contributed by atoms with Crippen LogP contribution in [-0.4, -0.2) is 40.6 Å². The topological polar surface area (TPSA) is 87.5 Å². The summed E-state index contributed by atoms with van der Waals surface area (Å²) in [6.45, 7) is 2.16. The van der Waals surface area contributed by atoms with E-state index in [0.29, 0.717) is 0 Å². The van der Waals surface area contributed by atoms with Gasteiger partial charge in [0.2, 0.25) is 0 Å². The van der Waals surface area contributed by atoms with Crippen molar-refractivity contribution < 1.29 is 23.9 Å². The molecule has 0 N–H and O–H groups in total. The second-order valence-electron chi connectivity index (χ2n) is 2.84. The second-order valence-corrected chi connectivity index (χ2v) is 2.84. The molecule has 0 saturated carbocycles. The number of nitrogens with zero attached hydrogens (tertiary/aromatic N) is 2. The number of hydrogen-bond donors (Lipinski definition) is 0. The quantitative estimate of drug-likeness (QED) is 0.521. The first kappa shape index (κ1) is 12.6. The SMILES string of the molecule is C=CC(=O)OCC(=O)OCC(=O)n1ccnc1. The Labute approximate surface area is 96.6 Å². The van der Waals surface area contributed by atoms with E-state index in [1.165, 1.54) is 23.3 Å². The lowest BCUT2D eigenvalue weighted by Gasteiger charge is -2.04. The molecule has 0 aliphatic carbocycles. The third kappa shape index (κ3) is 4.29. The molecular formula is C10H10N2O5. The Morgan fingerprint density at radius 1 is 1.29 bits per heavy atom. The summed E-state index contributed by atoms with van der Waals surface area (Å²) < 4.78 is 10.2. The average Bonchev–Trinajstić information content (AvgIpc) is 2.86. The van der Waals surface area contributed by atoms with E-state index in [9.17, 15) is 14.4 Å². The van der Waals surface area contributed by atoms with Crippen molar-refractivity contribution in [2.24, 2.45) is 0 Å². The molecule has 0 aromatic carbocycles. The Balaban J connectivity index is 2.26. The van der Waals surface area contributed by atoms with E-state index in [2.05, 4.69) is 21.0 Å². The van der Waals surface area contributed by atoms with Crippen LogP contribution in [0.4, 0.5) is 0 Å². The van der Waals surface area contributed by atoms with Crippen molar-refractivity contribution in [2.75, 3.05) is 13.2 Å². The number of carbonyl (C=O) groups is 3. The van der Waals surface area contributed by atoms with E-state index >= 15 is 0 Å². The van der Waals surface area contributed by atoms with Crippen LogP contribution in [0.3, 0.4) is 0 Å². The van der Waals surface area contributed by atoms with Crippen LogP contribution in [0.25, 0.3) is 0 Å². The number of esters is 2. The minimum Gasteiger partial charge on any atom is -0.453 e. The molecular weight excluding hydrogens is 228 g/mol. The first-order chi connectivity index (χ1) is 8.13. The Bertz CT molecular complexity index is 424. The zero-order chi connectivity index (χ0) is 12.7. The minimum absolute atomic E-state index is 0.444. The third-order valence-corrected chi connectivity index (χ3v) is 1.65. The van der Waals surface area contributed by atoms with Crippen LogP contribution in [0.1, 0.15) is 4.79 Å². The van der Waals surface area contributed by atoms with Gasteiger partial charge in [0.05, 0.1) is 0 Å². The number of aromatic nitrogens is 2. The van der Waals surface area contributed by atoms with E-state index in [4.69, 9.17) is 0 Å². The largest absolute Gasteiger partial charge is 0.453 e. The highest BCUT2D eigenvalue weighted by Crippen LogP contribution is 1.89. The Kier molecular flexibility index (Phi) is 4.61. The fourth-order valence-electron chi connectivity index (χ4n) is 0.854. The fraction of sp³-hybridized carbons (Fsp3) is 0.200. The third-order valence-electron chi connectivity index (χ3n) is 1.65. The van der Waals surface area contributed by atoms with Gasteiger partial charge >= 0.3 is 11.9 Å². The summed E-state index contributed by atoms with van der Waals surface area (Å²) in [5.74, 6) is -2.00. The van der Waals surface area contributed by atoms with Gasteiger partial charge in [-0.3, -0.25) is 9.36 Å². The number of imidazole rings is 1. The average molecular weight is 238 g/mol. The molecule has 0 bridgehead atoms. The molecule has 0 amide bonds. The number of carbonyl (C=O) groups excluding carboxylic acids is 3. The summed E-state index contributed by atoms with van der Waals surface area (Å²) in [6.07, 6.45) is 5.05. The summed E-state index contributed by atoms with van der Waals surface area (Å²) in [5.41, 5.74) is 0. The smallest absolute Gasteiger partial charge is 0.344 e. The predicted molar refractivity (Wildman–Crippen MR) is 55.0 cm³/mol. The van der Waals surface area contributed by atoms with Crippen LogP contribution in [0.15, 0.2) is 31.4 Å². The van der Waals surface area contributed by atoms with Crippen LogP contribution >= 0.6 is 0 Å². The zero-order valence-electron chi connectivity index (χ0n) is 8.87. The van der Waals surface area contributed by atoms with Crippen molar-refractivity contribution in [3.8, 4) is 0 Å². The van der Waals surface area contributed by atoms with Gasteiger partial charge in [-0.2, -0.15) is 0 Å². The molecule has 17 heavy (non-hydrogen) atoms. The lowest BCUT2D eigenvalue weighted by molar-refractivity contribution is -0.155. The van der Waals surface area contributed by atoms with Crippen molar-refractivity contribution in [1.29, 1.82) is 0 Å². The van der Waals surface area contributed by atoms with Crippen LogP contribution in [0, 0.1) is 0 Å². The molecule has 0 radical (unpaired) electrons.